The van der Waals surface area contributed by atoms with Gasteiger partial charge in [0.25, 0.3) is 0 Å². The summed E-state index contributed by atoms with van der Waals surface area (Å²) in [6.45, 7) is 6.14. The molecule has 0 bridgehead atoms. The van der Waals surface area contributed by atoms with Crippen LogP contribution in [0.3, 0.4) is 0 Å². The number of aryl methyl sites for hydroxylation is 3. The summed E-state index contributed by atoms with van der Waals surface area (Å²) in [7, 11) is 0. The highest BCUT2D eigenvalue weighted by atomic mass is 16.1. The first-order chi connectivity index (χ1) is 10.6. The molecule has 2 heteroatoms. The molecule has 0 aliphatic heterocycles. The van der Waals surface area contributed by atoms with Crippen LogP contribution in [0.25, 0.3) is 0 Å². The van der Waals surface area contributed by atoms with E-state index in [0.29, 0.717) is 0 Å². The standard InChI is InChI=1S/C11H14O.C9H10O/c1-2-3-4-10-5-7-11(9-12)8-6-10;1-7-3-4-9(6-10)8(2)5-7/h5-9H,2-4H2,1H3;3-6H,1-2H3. The largest absolute Gasteiger partial charge is 0.298 e. The molecule has 22 heavy (non-hydrogen) atoms. The van der Waals surface area contributed by atoms with Crippen LogP contribution in [0.15, 0.2) is 42.5 Å². The normalized spacial score (nSPS) is 9.59. The summed E-state index contributed by atoms with van der Waals surface area (Å²) in [5.74, 6) is 0. The van der Waals surface area contributed by atoms with Gasteiger partial charge in [-0.25, -0.2) is 0 Å². The third-order valence-corrected chi connectivity index (χ3v) is 3.49. The highest BCUT2D eigenvalue weighted by Gasteiger charge is 1.94. The second kappa shape index (κ2) is 9.67. The van der Waals surface area contributed by atoms with E-state index in [2.05, 4.69) is 6.92 Å². The van der Waals surface area contributed by atoms with Gasteiger partial charge < -0.3 is 0 Å². The lowest BCUT2D eigenvalue weighted by atomic mass is 10.1. The van der Waals surface area contributed by atoms with E-state index in [0.717, 1.165) is 35.7 Å². The molecule has 2 aromatic rings. The predicted octanol–water partition coefficient (Wildman–Crippen LogP) is 4.96. The van der Waals surface area contributed by atoms with Crippen LogP contribution in [-0.4, -0.2) is 12.6 Å². The highest BCUT2D eigenvalue weighted by Crippen LogP contribution is 2.07. The number of hydrogen-bond acceptors (Lipinski definition) is 2. The second-order valence-electron chi connectivity index (χ2n) is 5.44. The summed E-state index contributed by atoms with van der Waals surface area (Å²) >= 11 is 0. The van der Waals surface area contributed by atoms with Crippen molar-refractivity contribution in [3.05, 3.63) is 70.3 Å². The molecule has 2 nitrogen and oxygen atoms in total. The zero-order valence-electron chi connectivity index (χ0n) is 13.6. The average Bonchev–Trinajstić information content (AvgIpc) is 2.54. The van der Waals surface area contributed by atoms with Crippen LogP contribution in [0.5, 0.6) is 0 Å². The summed E-state index contributed by atoms with van der Waals surface area (Å²) in [4.78, 5) is 20.7. The molecule has 0 spiro atoms. The number of carbonyl (C=O) groups excluding carboxylic acids is 2. The van der Waals surface area contributed by atoms with Gasteiger partial charge in [-0.1, -0.05) is 61.4 Å². The molecule has 0 saturated heterocycles. The first kappa shape index (κ1) is 17.8. The number of carbonyl (C=O) groups is 2. The van der Waals surface area contributed by atoms with E-state index in [4.69, 9.17) is 0 Å². The summed E-state index contributed by atoms with van der Waals surface area (Å²) in [5.41, 5.74) is 5.11. The van der Waals surface area contributed by atoms with Crippen molar-refractivity contribution in [3.63, 3.8) is 0 Å². The van der Waals surface area contributed by atoms with Gasteiger partial charge in [0.1, 0.15) is 12.6 Å². The van der Waals surface area contributed by atoms with Crippen molar-refractivity contribution in [2.75, 3.05) is 0 Å². The van der Waals surface area contributed by atoms with E-state index in [1.807, 2.05) is 56.3 Å². The average molecular weight is 296 g/mol. The van der Waals surface area contributed by atoms with Gasteiger partial charge in [0.05, 0.1) is 0 Å². The van der Waals surface area contributed by atoms with Crippen molar-refractivity contribution in [2.45, 2.75) is 40.0 Å². The smallest absolute Gasteiger partial charge is 0.150 e. The molecule has 0 fully saturated rings. The number of benzene rings is 2. The SMILES string of the molecule is CCCCc1ccc(C=O)cc1.Cc1ccc(C=O)c(C)c1. The summed E-state index contributed by atoms with van der Waals surface area (Å²) in [5, 5.41) is 0. The Morgan fingerprint density at radius 1 is 0.909 bits per heavy atom. The topological polar surface area (TPSA) is 34.1 Å². The third kappa shape index (κ3) is 6.04. The molecule has 116 valence electrons. The molecule has 0 aliphatic carbocycles. The van der Waals surface area contributed by atoms with E-state index < -0.39 is 0 Å². The van der Waals surface area contributed by atoms with Gasteiger partial charge in [-0.3, -0.25) is 9.59 Å². The fourth-order valence-electron chi connectivity index (χ4n) is 2.10. The third-order valence-electron chi connectivity index (χ3n) is 3.49. The van der Waals surface area contributed by atoms with Crippen LogP contribution in [0.2, 0.25) is 0 Å². The van der Waals surface area contributed by atoms with Crippen molar-refractivity contribution in [2.24, 2.45) is 0 Å². The number of hydrogen-bond donors (Lipinski definition) is 0. The molecule has 0 unspecified atom stereocenters. The Bertz CT molecular complexity index is 598. The van der Waals surface area contributed by atoms with Crippen LogP contribution < -0.4 is 0 Å². The van der Waals surface area contributed by atoms with Gasteiger partial charge in [-0.15, -0.1) is 0 Å². The fourth-order valence-corrected chi connectivity index (χ4v) is 2.10. The molecule has 0 N–H and O–H groups in total. The van der Waals surface area contributed by atoms with E-state index in [-0.39, 0.29) is 0 Å². The molecule has 0 saturated carbocycles. The molecule has 2 aromatic carbocycles. The molecule has 0 aromatic heterocycles. The monoisotopic (exact) mass is 296 g/mol. The first-order valence-electron chi connectivity index (χ1n) is 7.67. The van der Waals surface area contributed by atoms with E-state index in [1.54, 1.807) is 0 Å². The number of rotatable bonds is 5. The van der Waals surface area contributed by atoms with Crippen LogP contribution in [0.4, 0.5) is 0 Å². The Labute approximate surface area is 133 Å². The highest BCUT2D eigenvalue weighted by molar-refractivity contribution is 5.77. The molecule has 0 radical (unpaired) electrons. The van der Waals surface area contributed by atoms with Crippen LogP contribution in [0.1, 0.15) is 57.2 Å². The number of aldehydes is 2. The second-order valence-corrected chi connectivity index (χ2v) is 5.44. The van der Waals surface area contributed by atoms with E-state index in [1.165, 1.54) is 24.0 Å². The maximum Gasteiger partial charge on any atom is 0.150 e. The molecule has 2 rings (SSSR count). The Balaban J connectivity index is 0.000000224. The lowest BCUT2D eigenvalue weighted by Crippen LogP contribution is -1.85. The van der Waals surface area contributed by atoms with E-state index >= 15 is 0 Å². The van der Waals surface area contributed by atoms with Gasteiger partial charge in [-0.05, 0) is 37.8 Å². The maximum absolute atomic E-state index is 10.3. The Kier molecular flexibility index (Phi) is 7.84. The molecular formula is C20H24O2. The Hall–Kier alpha value is -2.22. The fraction of sp³-hybridized carbons (Fsp3) is 0.300. The first-order valence-corrected chi connectivity index (χ1v) is 7.67. The molecule has 0 heterocycles. The summed E-state index contributed by atoms with van der Waals surface area (Å²) in [6.07, 6.45) is 5.32. The zero-order valence-corrected chi connectivity index (χ0v) is 13.6. The quantitative estimate of drug-likeness (QED) is 0.731. The minimum Gasteiger partial charge on any atom is -0.298 e. The lowest BCUT2D eigenvalue weighted by molar-refractivity contribution is 0.111. The van der Waals surface area contributed by atoms with Gasteiger partial charge in [0.2, 0.25) is 0 Å². The van der Waals surface area contributed by atoms with Crippen molar-refractivity contribution >= 4 is 12.6 Å². The molecule has 0 atom stereocenters. The number of unbranched alkanes of at least 4 members (excludes halogenated alkanes) is 1. The Morgan fingerprint density at radius 2 is 1.59 bits per heavy atom. The minimum absolute atomic E-state index is 0.759. The zero-order chi connectivity index (χ0) is 16.4. The van der Waals surface area contributed by atoms with Crippen molar-refractivity contribution < 1.29 is 9.59 Å². The summed E-state index contributed by atoms with van der Waals surface area (Å²) in [6, 6.07) is 13.6. The maximum atomic E-state index is 10.3. The van der Waals surface area contributed by atoms with Crippen LogP contribution >= 0.6 is 0 Å². The van der Waals surface area contributed by atoms with Gasteiger partial charge in [0, 0.05) is 11.1 Å². The molecule has 0 aliphatic rings. The predicted molar refractivity (Wildman–Crippen MR) is 91.7 cm³/mol. The van der Waals surface area contributed by atoms with Crippen LogP contribution in [0, 0.1) is 13.8 Å². The summed E-state index contributed by atoms with van der Waals surface area (Å²) < 4.78 is 0. The van der Waals surface area contributed by atoms with E-state index in [9.17, 15) is 9.59 Å². The van der Waals surface area contributed by atoms with Gasteiger partial charge in [0.15, 0.2) is 0 Å². The van der Waals surface area contributed by atoms with Gasteiger partial charge >= 0.3 is 0 Å². The van der Waals surface area contributed by atoms with Crippen LogP contribution in [-0.2, 0) is 6.42 Å². The van der Waals surface area contributed by atoms with Crippen molar-refractivity contribution in [1.29, 1.82) is 0 Å². The Morgan fingerprint density at radius 3 is 2.09 bits per heavy atom. The lowest BCUT2D eigenvalue weighted by Gasteiger charge is -1.98. The molecule has 0 amide bonds. The van der Waals surface area contributed by atoms with Crippen molar-refractivity contribution in [3.8, 4) is 0 Å². The minimum atomic E-state index is 0.759. The molecular weight excluding hydrogens is 272 g/mol. The van der Waals surface area contributed by atoms with Crippen molar-refractivity contribution in [1.82, 2.24) is 0 Å². The van der Waals surface area contributed by atoms with Gasteiger partial charge in [-0.2, -0.15) is 0 Å².